The summed E-state index contributed by atoms with van der Waals surface area (Å²) >= 11 is 6.54. The van der Waals surface area contributed by atoms with Gasteiger partial charge in [-0.3, -0.25) is 4.79 Å². The summed E-state index contributed by atoms with van der Waals surface area (Å²) in [4.78, 5) is 18.5. The Hall–Kier alpha value is -1.70. The Morgan fingerprint density at radius 3 is 2.36 bits per heavy atom. The standard InChI is InChI=1S/C18H16BrN3OS2/c1-22-11-10-20-18(22)24-12-17(23)21-14-4-8-16(9-5-14)25-15-6-2-13(19)3-7-15/h2-11H,12H2,1H3,(H,21,23). The molecule has 3 rings (SSSR count). The van der Waals surface area contributed by atoms with Crippen LogP contribution in [0.2, 0.25) is 0 Å². The highest BCUT2D eigenvalue weighted by Gasteiger charge is 2.07. The highest BCUT2D eigenvalue weighted by Crippen LogP contribution is 2.29. The van der Waals surface area contributed by atoms with Gasteiger partial charge in [0.15, 0.2) is 5.16 Å². The van der Waals surface area contributed by atoms with Crippen LogP contribution in [0.3, 0.4) is 0 Å². The number of thioether (sulfide) groups is 1. The van der Waals surface area contributed by atoms with Gasteiger partial charge < -0.3 is 9.88 Å². The molecule has 1 amide bonds. The zero-order chi connectivity index (χ0) is 17.6. The fraction of sp³-hybridized carbons (Fsp3) is 0.111. The molecular weight excluding hydrogens is 418 g/mol. The number of benzene rings is 2. The van der Waals surface area contributed by atoms with Crippen LogP contribution in [0.1, 0.15) is 0 Å². The number of aryl methyl sites for hydroxylation is 1. The van der Waals surface area contributed by atoms with E-state index in [1.54, 1.807) is 18.0 Å². The number of nitrogens with zero attached hydrogens (tertiary/aromatic N) is 2. The minimum Gasteiger partial charge on any atom is -0.329 e. The van der Waals surface area contributed by atoms with Crippen molar-refractivity contribution < 1.29 is 4.79 Å². The molecular formula is C18H16BrN3OS2. The smallest absolute Gasteiger partial charge is 0.234 e. The number of imidazole rings is 1. The molecule has 0 spiro atoms. The van der Waals surface area contributed by atoms with Crippen LogP contribution in [0, 0.1) is 0 Å². The second-order valence-corrected chi connectivity index (χ2v) is 8.24. The highest BCUT2D eigenvalue weighted by molar-refractivity contribution is 9.10. The molecule has 0 unspecified atom stereocenters. The predicted octanol–water partition coefficient (Wildman–Crippen LogP) is 5.06. The third kappa shape index (κ3) is 5.39. The molecule has 4 nitrogen and oxygen atoms in total. The topological polar surface area (TPSA) is 46.9 Å². The van der Waals surface area contributed by atoms with Crippen LogP contribution < -0.4 is 5.32 Å². The van der Waals surface area contributed by atoms with E-state index in [-0.39, 0.29) is 5.91 Å². The zero-order valence-corrected chi connectivity index (χ0v) is 16.7. The van der Waals surface area contributed by atoms with Crippen molar-refractivity contribution in [2.45, 2.75) is 14.9 Å². The molecule has 0 saturated carbocycles. The van der Waals surface area contributed by atoms with Gasteiger partial charge >= 0.3 is 0 Å². The van der Waals surface area contributed by atoms with Crippen LogP contribution in [0.25, 0.3) is 0 Å². The minimum absolute atomic E-state index is 0.0405. The van der Waals surface area contributed by atoms with Crippen molar-refractivity contribution in [1.82, 2.24) is 9.55 Å². The second-order valence-electron chi connectivity index (χ2n) is 5.24. The van der Waals surface area contributed by atoms with Crippen LogP contribution in [-0.4, -0.2) is 21.2 Å². The van der Waals surface area contributed by atoms with Gasteiger partial charge in [0.25, 0.3) is 0 Å². The third-order valence-corrected chi connectivity index (χ3v) is 5.90. The van der Waals surface area contributed by atoms with Crippen molar-refractivity contribution in [2.75, 3.05) is 11.1 Å². The van der Waals surface area contributed by atoms with Gasteiger partial charge in [0.2, 0.25) is 5.91 Å². The monoisotopic (exact) mass is 433 g/mol. The molecule has 0 saturated heterocycles. The molecule has 1 heterocycles. The lowest BCUT2D eigenvalue weighted by Crippen LogP contribution is -2.14. The van der Waals surface area contributed by atoms with E-state index in [9.17, 15) is 4.79 Å². The molecule has 25 heavy (non-hydrogen) atoms. The Bertz CT molecular complexity index is 848. The Kier molecular flexibility index (Phi) is 6.23. The number of carbonyl (C=O) groups is 1. The van der Waals surface area contributed by atoms with E-state index in [1.807, 2.05) is 54.2 Å². The van der Waals surface area contributed by atoms with E-state index in [1.165, 1.54) is 16.7 Å². The molecule has 3 aromatic rings. The summed E-state index contributed by atoms with van der Waals surface area (Å²) in [5.74, 6) is 0.293. The molecule has 0 fully saturated rings. The SMILES string of the molecule is Cn1ccnc1SCC(=O)Nc1ccc(Sc2ccc(Br)cc2)cc1. The van der Waals surface area contributed by atoms with E-state index < -0.39 is 0 Å². The molecule has 128 valence electrons. The molecule has 0 radical (unpaired) electrons. The van der Waals surface area contributed by atoms with E-state index in [2.05, 4.69) is 38.4 Å². The lowest BCUT2D eigenvalue weighted by atomic mass is 10.3. The summed E-state index contributed by atoms with van der Waals surface area (Å²) in [7, 11) is 1.91. The largest absolute Gasteiger partial charge is 0.329 e. The van der Waals surface area contributed by atoms with Gasteiger partial charge in [-0.15, -0.1) is 0 Å². The average molecular weight is 434 g/mol. The first-order chi connectivity index (χ1) is 12.1. The maximum absolute atomic E-state index is 12.0. The van der Waals surface area contributed by atoms with Gasteiger partial charge in [0.05, 0.1) is 5.75 Å². The van der Waals surface area contributed by atoms with Crippen molar-refractivity contribution in [3.63, 3.8) is 0 Å². The van der Waals surface area contributed by atoms with Crippen molar-refractivity contribution in [1.29, 1.82) is 0 Å². The molecule has 0 atom stereocenters. The fourth-order valence-electron chi connectivity index (χ4n) is 2.06. The number of hydrogen-bond donors (Lipinski definition) is 1. The molecule has 1 aromatic heterocycles. The average Bonchev–Trinajstić information content (AvgIpc) is 3.02. The molecule has 7 heteroatoms. The predicted molar refractivity (Wildman–Crippen MR) is 107 cm³/mol. The summed E-state index contributed by atoms with van der Waals surface area (Å²) in [5.41, 5.74) is 0.797. The summed E-state index contributed by atoms with van der Waals surface area (Å²) < 4.78 is 2.96. The van der Waals surface area contributed by atoms with Crippen molar-refractivity contribution in [3.8, 4) is 0 Å². The first-order valence-corrected chi connectivity index (χ1v) is 10.1. The highest BCUT2D eigenvalue weighted by atomic mass is 79.9. The van der Waals surface area contributed by atoms with E-state index in [0.29, 0.717) is 5.75 Å². The van der Waals surface area contributed by atoms with Crippen LogP contribution >= 0.6 is 39.5 Å². The lowest BCUT2D eigenvalue weighted by Gasteiger charge is -2.07. The Balaban J connectivity index is 1.52. The van der Waals surface area contributed by atoms with Gasteiger partial charge in [-0.2, -0.15) is 0 Å². The number of halogens is 1. The second kappa shape index (κ2) is 8.60. The number of nitrogens with one attached hydrogen (secondary N) is 1. The van der Waals surface area contributed by atoms with E-state index in [0.717, 1.165) is 20.2 Å². The van der Waals surface area contributed by atoms with Gasteiger partial charge in [-0.1, -0.05) is 39.5 Å². The number of rotatable bonds is 6. The summed E-state index contributed by atoms with van der Waals surface area (Å²) in [6.45, 7) is 0. The van der Waals surface area contributed by atoms with Crippen LogP contribution in [0.15, 0.2) is 80.3 Å². The minimum atomic E-state index is -0.0405. The van der Waals surface area contributed by atoms with Gasteiger partial charge in [0.1, 0.15) is 0 Å². The zero-order valence-electron chi connectivity index (χ0n) is 13.5. The van der Waals surface area contributed by atoms with Crippen LogP contribution in [0.5, 0.6) is 0 Å². The first-order valence-electron chi connectivity index (χ1n) is 7.53. The Morgan fingerprint density at radius 2 is 1.76 bits per heavy atom. The van der Waals surface area contributed by atoms with Crippen LogP contribution in [-0.2, 0) is 11.8 Å². The summed E-state index contributed by atoms with van der Waals surface area (Å²) in [6, 6.07) is 16.0. The number of carbonyl (C=O) groups excluding carboxylic acids is 1. The molecule has 1 N–H and O–H groups in total. The van der Waals surface area contributed by atoms with Crippen LogP contribution in [0.4, 0.5) is 5.69 Å². The van der Waals surface area contributed by atoms with Crippen molar-refractivity contribution in [2.24, 2.45) is 7.05 Å². The molecule has 0 aliphatic rings. The maximum Gasteiger partial charge on any atom is 0.234 e. The van der Waals surface area contributed by atoms with Crippen molar-refractivity contribution in [3.05, 3.63) is 65.4 Å². The first kappa shape index (κ1) is 18.1. The number of amides is 1. The van der Waals surface area contributed by atoms with Crippen molar-refractivity contribution >= 4 is 51.0 Å². The molecule has 0 bridgehead atoms. The number of aromatic nitrogens is 2. The maximum atomic E-state index is 12.0. The van der Waals surface area contributed by atoms with Gasteiger partial charge in [-0.05, 0) is 48.5 Å². The number of hydrogen-bond acceptors (Lipinski definition) is 4. The van der Waals surface area contributed by atoms with Gasteiger partial charge in [-0.25, -0.2) is 4.98 Å². The van der Waals surface area contributed by atoms with Gasteiger partial charge in [0, 0.05) is 39.4 Å². The molecule has 0 aliphatic heterocycles. The Morgan fingerprint density at radius 1 is 1.12 bits per heavy atom. The normalized spacial score (nSPS) is 10.6. The Labute approximate surface area is 163 Å². The van der Waals surface area contributed by atoms with E-state index >= 15 is 0 Å². The fourth-order valence-corrected chi connectivity index (χ4v) is 3.88. The summed E-state index contributed by atoms with van der Waals surface area (Å²) in [5, 5.41) is 3.74. The lowest BCUT2D eigenvalue weighted by molar-refractivity contribution is -0.113. The quantitative estimate of drug-likeness (QED) is 0.551. The number of anilines is 1. The third-order valence-electron chi connectivity index (χ3n) is 3.30. The molecule has 2 aromatic carbocycles. The molecule has 0 aliphatic carbocycles. The summed E-state index contributed by atoms with van der Waals surface area (Å²) in [6.07, 6.45) is 3.59. The van der Waals surface area contributed by atoms with E-state index in [4.69, 9.17) is 0 Å².